The Bertz CT molecular complexity index is 314. The molecular formula is C13H19N2. The summed E-state index contributed by atoms with van der Waals surface area (Å²) in [6.07, 6.45) is 0. The lowest BCUT2D eigenvalue weighted by Crippen LogP contribution is -2.43. The van der Waals surface area contributed by atoms with Gasteiger partial charge >= 0.3 is 0 Å². The van der Waals surface area contributed by atoms with Crippen LogP contribution in [0, 0.1) is 13.0 Å². The first-order valence-corrected chi connectivity index (χ1v) is 5.62. The Hall–Kier alpha value is -0.860. The largest absolute Gasteiger partial charge is 0.304 e. The molecule has 1 aliphatic rings. The zero-order valence-corrected chi connectivity index (χ0v) is 9.66. The first-order valence-electron chi connectivity index (χ1n) is 5.62. The van der Waals surface area contributed by atoms with Crippen molar-refractivity contribution in [1.29, 1.82) is 0 Å². The quantitative estimate of drug-likeness (QED) is 0.719. The van der Waals surface area contributed by atoms with Gasteiger partial charge < -0.3 is 4.90 Å². The van der Waals surface area contributed by atoms with Gasteiger partial charge in [-0.15, -0.1) is 0 Å². The summed E-state index contributed by atoms with van der Waals surface area (Å²) in [7, 11) is 2.19. The fourth-order valence-corrected chi connectivity index (χ4v) is 2.01. The van der Waals surface area contributed by atoms with Crippen molar-refractivity contribution in [2.24, 2.45) is 0 Å². The number of nitrogens with zero attached hydrogens (tertiary/aromatic N) is 2. The van der Waals surface area contributed by atoms with Gasteiger partial charge in [0.1, 0.15) is 0 Å². The molecule has 0 amide bonds. The van der Waals surface area contributed by atoms with E-state index in [9.17, 15) is 0 Å². The van der Waals surface area contributed by atoms with Crippen molar-refractivity contribution < 1.29 is 0 Å². The maximum absolute atomic E-state index is 3.19. The highest BCUT2D eigenvalue weighted by Gasteiger charge is 2.13. The molecule has 0 aromatic heterocycles. The van der Waals surface area contributed by atoms with Gasteiger partial charge in [-0.25, -0.2) is 0 Å². The third-order valence-electron chi connectivity index (χ3n) is 3.01. The molecule has 0 N–H and O–H groups in total. The minimum Gasteiger partial charge on any atom is -0.304 e. The number of aryl methyl sites for hydroxylation is 1. The summed E-state index contributed by atoms with van der Waals surface area (Å²) in [6.45, 7) is 7.95. The molecule has 2 rings (SSSR count). The summed E-state index contributed by atoms with van der Waals surface area (Å²) in [5, 5.41) is 0. The molecule has 1 aromatic rings. The number of hydrogen-bond donors (Lipinski definition) is 0. The van der Waals surface area contributed by atoms with Gasteiger partial charge in [0.15, 0.2) is 0 Å². The van der Waals surface area contributed by atoms with Gasteiger partial charge in [-0.2, -0.15) is 0 Å². The Morgan fingerprint density at radius 2 is 2.00 bits per heavy atom. The van der Waals surface area contributed by atoms with E-state index in [4.69, 9.17) is 0 Å². The Morgan fingerprint density at radius 3 is 2.67 bits per heavy atom. The standard InChI is InChI=1S/C13H19N2/c1-12-4-3-5-13(10-12)11-15-8-6-14(2)7-9-15/h3,5,10H,6-9,11H2,1-2H3. The molecule has 1 aromatic carbocycles. The summed E-state index contributed by atoms with van der Waals surface area (Å²) in [5.41, 5.74) is 2.65. The molecule has 1 fully saturated rings. The van der Waals surface area contributed by atoms with Crippen LogP contribution in [0.5, 0.6) is 0 Å². The normalized spacial score (nSPS) is 19.3. The lowest BCUT2D eigenvalue weighted by molar-refractivity contribution is 0.148. The highest BCUT2D eigenvalue weighted by molar-refractivity contribution is 5.21. The number of likely N-dealkylation sites (N-methyl/N-ethyl adjacent to an activating group) is 1. The van der Waals surface area contributed by atoms with E-state index in [0.717, 1.165) is 6.54 Å². The van der Waals surface area contributed by atoms with Crippen LogP contribution in [0.3, 0.4) is 0 Å². The molecule has 2 heteroatoms. The summed E-state index contributed by atoms with van der Waals surface area (Å²) in [6, 6.07) is 9.62. The van der Waals surface area contributed by atoms with Gasteiger partial charge in [0.25, 0.3) is 0 Å². The Kier molecular flexibility index (Phi) is 3.39. The third kappa shape index (κ3) is 3.05. The van der Waals surface area contributed by atoms with E-state index in [-0.39, 0.29) is 0 Å². The summed E-state index contributed by atoms with van der Waals surface area (Å²) in [4.78, 5) is 4.91. The molecule has 0 atom stereocenters. The summed E-state index contributed by atoms with van der Waals surface area (Å²) < 4.78 is 0. The third-order valence-corrected chi connectivity index (χ3v) is 3.01. The maximum atomic E-state index is 3.19. The van der Waals surface area contributed by atoms with Gasteiger partial charge in [-0.3, -0.25) is 4.90 Å². The molecule has 1 radical (unpaired) electrons. The molecule has 1 aliphatic heterocycles. The van der Waals surface area contributed by atoms with Crippen LogP contribution in [0.2, 0.25) is 0 Å². The number of hydrogen-bond acceptors (Lipinski definition) is 2. The van der Waals surface area contributed by atoms with Crippen LogP contribution < -0.4 is 0 Å². The molecular weight excluding hydrogens is 184 g/mol. The Morgan fingerprint density at radius 1 is 1.27 bits per heavy atom. The second-order valence-electron chi connectivity index (χ2n) is 4.46. The Balaban J connectivity index is 1.92. The number of benzene rings is 1. The van der Waals surface area contributed by atoms with Crippen molar-refractivity contribution >= 4 is 0 Å². The second-order valence-corrected chi connectivity index (χ2v) is 4.46. The van der Waals surface area contributed by atoms with E-state index in [1.165, 1.54) is 37.3 Å². The maximum Gasteiger partial charge on any atom is 0.0234 e. The van der Waals surface area contributed by atoms with E-state index in [1.54, 1.807) is 0 Å². The van der Waals surface area contributed by atoms with Crippen molar-refractivity contribution in [2.75, 3.05) is 33.2 Å². The first kappa shape index (κ1) is 10.7. The SMILES string of the molecule is Cc1[c]ccc(CN2CCN(C)CC2)c1. The molecule has 0 saturated carbocycles. The average Bonchev–Trinajstić information content (AvgIpc) is 2.22. The van der Waals surface area contributed by atoms with E-state index in [1.807, 2.05) is 6.07 Å². The summed E-state index contributed by atoms with van der Waals surface area (Å²) >= 11 is 0. The molecule has 0 aliphatic carbocycles. The van der Waals surface area contributed by atoms with Gasteiger partial charge in [0, 0.05) is 32.7 Å². The van der Waals surface area contributed by atoms with Crippen molar-refractivity contribution in [3.05, 3.63) is 35.4 Å². The van der Waals surface area contributed by atoms with Crippen molar-refractivity contribution in [1.82, 2.24) is 9.80 Å². The molecule has 0 unspecified atom stereocenters. The molecule has 0 bridgehead atoms. The monoisotopic (exact) mass is 203 g/mol. The van der Waals surface area contributed by atoms with Gasteiger partial charge in [-0.05, 0) is 31.2 Å². The summed E-state index contributed by atoms with van der Waals surface area (Å²) in [5.74, 6) is 0. The molecule has 81 valence electrons. The van der Waals surface area contributed by atoms with E-state index < -0.39 is 0 Å². The predicted octanol–water partition coefficient (Wildman–Crippen LogP) is 1.54. The lowest BCUT2D eigenvalue weighted by Gasteiger charge is -2.32. The van der Waals surface area contributed by atoms with Crippen LogP contribution in [0.1, 0.15) is 11.1 Å². The predicted molar refractivity (Wildman–Crippen MR) is 62.8 cm³/mol. The molecule has 0 spiro atoms. The van der Waals surface area contributed by atoms with Crippen LogP contribution in [0.4, 0.5) is 0 Å². The zero-order chi connectivity index (χ0) is 10.7. The fourth-order valence-electron chi connectivity index (χ4n) is 2.01. The van der Waals surface area contributed by atoms with Crippen LogP contribution in [-0.2, 0) is 6.54 Å². The first-order chi connectivity index (χ1) is 7.24. The van der Waals surface area contributed by atoms with Gasteiger partial charge in [-0.1, -0.05) is 18.2 Å². The molecule has 2 nitrogen and oxygen atoms in total. The van der Waals surface area contributed by atoms with Crippen molar-refractivity contribution in [3.63, 3.8) is 0 Å². The van der Waals surface area contributed by atoms with Crippen LogP contribution in [0.25, 0.3) is 0 Å². The Labute approximate surface area is 92.5 Å². The highest BCUT2D eigenvalue weighted by Crippen LogP contribution is 2.09. The van der Waals surface area contributed by atoms with Crippen molar-refractivity contribution in [3.8, 4) is 0 Å². The smallest absolute Gasteiger partial charge is 0.0234 e. The minimum absolute atomic E-state index is 1.09. The van der Waals surface area contributed by atoms with Crippen LogP contribution in [0.15, 0.2) is 18.2 Å². The number of rotatable bonds is 2. The van der Waals surface area contributed by atoms with Crippen LogP contribution >= 0.6 is 0 Å². The van der Waals surface area contributed by atoms with E-state index in [2.05, 4.69) is 42.0 Å². The van der Waals surface area contributed by atoms with E-state index >= 15 is 0 Å². The second kappa shape index (κ2) is 4.77. The van der Waals surface area contributed by atoms with Gasteiger partial charge in [0.05, 0.1) is 0 Å². The molecule has 1 saturated heterocycles. The zero-order valence-electron chi connectivity index (χ0n) is 9.66. The van der Waals surface area contributed by atoms with Crippen molar-refractivity contribution in [2.45, 2.75) is 13.5 Å². The van der Waals surface area contributed by atoms with Gasteiger partial charge in [0.2, 0.25) is 0 Å². The molecule has 1 heterocycles. The highest BCUT2D eigenvalue weighted by atomic mass is 15.2. The topological polar surface area (TPSA) is 6.48 Å². The van der Waals surface area contributed by atoms with Crippen LogP contribution in [-0.4, -0.2) is 43.0 Å². The minimum atomic E-state index is 1.09. The van der Waals surface area contributed by atoms with E-state index in [0.29, 0.717) is 0 Å². The average molecular weight is 203 g/mol. The lowest BCUT2D eigenvalue weighted by atomic mass is 10.1. The fraction of sp³-hybridized carbons (Fsp3) is 0.538. The number of piperazine rings is 1. The molecule has 15 heavy (non-hydrogen) atoms.